The summed E-state index contributed by atoms with van der Waals surface area (Å²) in [5.41, 5.74) is 2.51. The van der Waals surface area contributed by atoms with E-state index in [1.54, 1.807) is 18.5 Å². The van der Waals surface area contributed by atoms with Crippen LogP contribution in [0.4, 0.5) is 5.00 Å². The van der Waals surface area contributed by atoms with Gasteiger partial charge in [0.25, 0.3) is 0 Å². The number of hydrogen-bond donors (Lipinski definition) is 1. The zero-order valence-electron chi connectivity index (χ0n) is 15.2. The van der Waals surface area contributed by atoms with Crippen molar-refractivity contribution >= 4 is 56.6 Å². The average molecular weight is 489 g/mol. The van der Waals surface area contributed by atoms with Crippen LogP contribution >= 0.6 is 33.9 Å². The molecule has 2 rings (SSSR count). The highest BCUT2D eigenvalue weighted by Crippen LogP contribution is 2.34. The number of aromatic nitrogens is 2. The van der Waals surface area contributed by atoms with E-state index >= 15 is 0 Å². The van der Waals surface area contributed by atoms with E-state index in [9.17, 15) is 14.4 Å². The van der Waals surface area contributed by atoms with E-state index in [1.165, 1.54) is 6.92 Å². The minimum absolute atomic E-state index is 0.0181. The molecule has 140 valence electrons. The number of esters is 1. The normalized spacial score (nSPS) is 10.7. The van der Waals surface area contributed by atoms with Crippen LogP contribution in [-0.4, -0.2) is 34.0 Å². The van der Waals surface area contributed by atoms with Gasteiger partial charge in [0, 0.05) is 5.69 Å². The highest BCUT2D eigenvalue weighted by Gasteiger charge is 2.25. The van der Waals surface area contributed by atoms with E-state index < -0.39 is 5.97 Å². The first-order chi connectivity index (χ1) is 12.2. The highest BCUT2D eigenvalue weighted by molar-refractivity contribution is 14.1. The average Bonchev–Trinajstić information content (AvgIpc) is 3.00. The zero-order chi connectivity index (χ0) is 19.6. The number of amides is 1. The lowest BCUT2D eigenvalue weighted by Crippen LogP contribution is -2.21. The molecule has 0 atom stereocenters. The van der Waals surface area contributed by atoms with Crippen LogP contribution in [0.2, 0.25) is 0 Å². The maximum Gasteiger partial charge on any atom is 0.341 e. The number of carbonyl (C=O) groups is 3. The van der Waals surface area contributed by atoms with Gasteiger partial charge in [-0.2, -0.15) is 5.10 Å². The van der Waals surface area contributed by atoms with Crippen molar-refractivity contribution in [3.63, 3.8) is 0 Å². The molecule has 26 heavy (non-hydrogen) atoms. The van der Waals surface area contributed by atoms with Gasteiger partial charge in [-0.1, -0.05) is 0 Å². The number of hydrogen-bond acceptors (Lipinski definition) is 6. The Morgan fingerprint density at radius 2 is 1.92 bits per heavy atom. The molecule has 2 aromatic rings. The standard InChI is InChI=1S/C17H20IN3O4S/c1-6-25-17(24)13-8(2)15(11(5)22)26-16(13)19-12(23)7-21-10(4)14(18)9(3)20-21/h6-7H2,1-5H3,(H,19,23). The Morgan fingerprint density at radius 3 is 2.42 bits per heavy atom. The zero-order valence-corrected chi connectivity index (χ0v) is 18.2. The molecule has 1 amide bonds. The predicted octanol–water partition coefficient (Wildman–Crippen LogP) is 3.49. The van der Waals surface area contributed by atoms with Crippen molar-refractivity contribution in [2.75, 3.05) is 11.9 Å². The van der Waals surface area contributed by atoms with Crippen LogP contribution in [0.1, 0.15) is 50.8 Å². The number of rotatable bonds is 6. The summed E-state index contributed by atoms with van der Waals surface area (Å²) in [5, 5.41) is 7.40. The Hall–Kier alpha value is -1.75. The summed E-state index contributed by atoms with van der Waals surface area (Å²) < 4.78 is 7.69. The van der Waals surface area contributed by atoms with Crippen LogP contribution < -0.4 is 5.32 Å². The topological polar surface area (TPSA) is 90.3 Å². The molecule has 7 nitrogen and oxygen atoms in total. The van der Waals surface area contributed by atoms with Gasteiger partial charge >= 0.3 is 5.97 Å². The second-order valence-corrected chi connectivity index (χ2v) is 7.83. The molecule has 0 radical (unpaired) electrons. The third-order valence-corrected chi connectivity index (χ3v) is 6.65. The van der Waals surface area contributed by atoms with Crippen LogP contribution in [0, 0.1) is 24.3 Å². The summed E-state index contributed by atoms with van der Waals surface area (Å²) in [5.74, 6) is -1.04. The fraction of sp³-hybridized carbons (Fsp3) is 0.412. The second kappa shape index (κ2) is 8.30. The fourth-order valence-electron chi connectivity index (χ4n) is 2.52. The molecule has 0 aliphatic heterocycles. The number of nitrogens with one attached hydrogen (secondary N) is 1. The fourth-order valence-corrected chi connectivity index (χ4v) is 4.01. The van der Waals surface area contributed by atoms with Crippen molar-refractivity contribution in [1.29, 1.82) is 0 Å². The first kappa shape index (κ1) is 20.6. The van der Waals surface area contributed by atoms with E-state index in [4.69, 9.17) is 4.74 Å². The summed E-state index contributed by atoms with van der Waals surface area (Å²) in [7, 11) is 0. The van der Waals surface area contributed by atoms with E-state index in [-0.39, 0.29) is 30.4 Å². The molecule has 0 aliphatic rings. The number of anilines is 1. The highest BCUT2D eigenvalue weighted by atomic mass is 127. The summed E-state index contributed by atoms with van der Waals surface area (Å²) in [6.45, 7) is 8.81. The third kappa shape index (κ3) is 4.14. The number of carbonyl (C=O) groups excluding carboxylic acids is 3. The van der Waals surface area contributed by atoms with Gasteiger partial charge in [-0.05, 0) is 62.8 Å². The van der Waals surface area contributed by atoms with Crippen LogP contribution in [0.25, 0.3) is 0 Å². The van der Waals surface area contributed by atoms with Gasteiger partial charge in [0.2, 0.25) is 5.91 Å². The number of nitrogens with zero attached hydrogens (tertiary/aromatic N) is 2. The molecule has 0 saturated carbocycles. The van der Waals surface area contributed by atoms with E-state index in [1.807, 2.05) is 13.8 Å². The lowest BCUT2D eigenvalue weighted by atomic mass is 10.1. The van der Waals surface area contributed by atoms with Crippen molar-refractivity contribution in [3.8, 4) is 0 Å². The first-order valence-electron chi connectivity index (χ1n) is 7.98. The number of Topliss-reactive ketones (excluding diaryl/α,β-unsaturated/α-hetero) is 1. The molecule has 0 aliphatic carbocycles. The quantitative estimate of drug-likeness (QED) is 0.381. The van der Waals surface area contributed by atoms with Crippen molar-refractivity contribution in [1.82, 2.24) is 9.78 Å². The lowest BCUT2D eigenvalue weighted by molar-refractivity contribution is -0.116. The second-order valence-electron chi connectivity index (χ2n) is 5.73. The van der Waals surface area contributed by atoms with Crippen molar-refractivity contribution in [2.45, 2.75) is 41.2 Å². The van der Waals surface area contributed by atoms with Crippen LogP contribution in [0.5, 0.6) is 0 Å². The monoisotopic (exact) mass is 489 g/mol. The number of aryl methyl sites for hydroxylation is 1. The van der Waals surface area contributed by atoms with Crippen molar-refractivity contribution in [3.05, 3.63) is 31.0 Å². The first-order valence-corrected chi connectivity index (χ1v) is 9.87. The van der Waals surface area contributed by atoms with Gasteiger partial charge in [-0.15, -0.1) is 11.3 Å². The molecule has 0 aromatic carbocycles. The minimum Gasteiger partial charge on any atom is -0.462 e. The predicted molar refractivity (Wildman–Crippen MR) is 108 cm³/mol. The SMILES string of the molecule is CCOC(=O)c1c(NC(=O)Cn2nc(C)c(I)c2C)sc(C(C)=O)c1C. The Kier molecular flexibility index (Phi) is 6.56. The Labute approximate surface area is 169 Å². The van der Waals surface area contributed by atoms with Gasteiger partial charge in [-0.3, -0.25) is 14.3 Å². The minimum atomic E-state index is -0.551. The summed E-state index contributed by atoms with van der Waals surface area (Å²) in [4.78, 5) is 37.0. The van der Waals surface area contributed by atoms with Gasteiger partial charge in [-0.25, -0.2) is 4.79 Å². The molecule has 0 bridgehead atoms. The van der Waals surface area contributed by atoms with Crippen molar-refractivity contribution in [2.24, 2.45) is 0 Å². The Bertz CT molecular complexity index is 885. The molecule has 0 spiro atoms. The van der Waals surface area contributed by atoms with Crippen LogP contribution in [-0.2, 0) is 16.1 Å². The molecule has 9 heteroatoms. The lowest BCUT2D eigenvalue weighted by Gasteiger charge is -2.08. The van der Waals surface area contributed by atoms with Gasteiger partial charge < -0.3 is 10.1 Å². The maximum atomic E-state index is 12.5. The number of ether oxygens (including phenoxy) is 1. The van der Waals surface area contributed by atoms with E-state index in [0.717, 1.165) is 26.3 Å². The number of halogens is 1. The molecule has 2 heterocycles. The molecular weight excluding hydrogens is 469 g/mol. The summed E-state index contributed by atoms with van der Waals surface area (Å²) >= 11 is 3.27. The van der Waals surface area contributed by atoms with Gasteiger partial charge in [0.15, 0.2) is 5.78 Å². The summed E-state index contributed by atoms with van der Waals surface area (Å²) in [6.07, 6.45) is 0. The molecule has 1 N–H and O–H groups in total. The van der Waals surface area contributed by atoms with Crippen LogP contribution in [0.15, 0.2) is 0 Å². The van der Waals surface area contributed by atoms with Crippen LogP contribution in [0.3, 0.4) is 0 Å². The summed E-state index contributed by atoms with van der Waals surface area (Å²) in [6, 6.07) is 0. The van der Waals surface area contributed by atoms with Gasteiger partial charge in [0.05, 0.1) is 26.3 Å². The Balaban J connectivity index is 2.31. The number of ketones is 1. The van der Waals surface area contributed by atoms with E-state index in [0.29, 0.717) is 15.4 Å². The number of thiophene rings is 1. The van der Waals surface area contributed by atoms with Gasteiger partial charge in [0.1, 0.15) is 11.5 Å². The molecular formula is C17H20IN3O4S. The third-order valence-electron chi connectivity index (χ3n) is 3.79. The molecule has 0 unspecified atom stereocenters. The smallest absolute Gasteiger partial charge is 0.341 e. The largest absolute Gasteiger partial charge is 0.462 e. The molecule has 2 aromatic heterocycles. The molecule has 0 fully saturated rings. The van der Waals surface area contributed by atoms with E-state index in [2.05, 4.69) is 33.0 Å². The maximum absolute atomic E-state index is 12.5. The van der Waals surface area contributed by atoms with Crippen molar-refractivity contribution < 1.29 is 19.1 Å². The molecule has 0 saturated heterocycles. The Morgan fingerprint density at radius 1 is 1.27 bits per heavy atom.